The van der Waals surface area contributed by atoms with Gasteiger partial charge < -0.3 is 0 Å². The molecule has 4 heteroatoms. The van der Waals surface area contributed by atoms with Crippen molar-refractivity contribution in [3.63, 3.8) is 0 Å². The number of rotatable bonds is 3. The Hall–Kier alpha value is -2.75. The van der Waals surface area contributed by atoms with Crippen molar-refractivity contribution in [2.24, 2.45) is 5.10 Å². The molecule has 104 valence electrons. The molecule has 21 heavy (non-hydrogen) atoms. The minimum absolute atomic E-state index is 0.661. The Morgan fingerprint density at radius 3 is 2.81 bits per heavy atom. The van der Waals surface area contributed by atoms with Gasteiger partial charge in [-0.15, -0.1) is 5.10 Å². The SMILES string of the molecule is Cc1ccc(/C=N\Nc2nncc3ccccc23)c(C)c1. The number of aromatic nitrogens is 2. The normalized spacial score (nSPS) is 11.1. The molecule has 1 heterocycles. The largest absolute Gasteiger partial charge is 0.259 e. The van der Waals surface area contributed by atoms with Gasteiger partial charge in [0.2, 0.25) is 0 Å². The van der Waals surface area contributed by atoms with Gasteiger partial charge in [0, 0.05) is 10.8 Å². The first-order valence-corrected chi connectivity index (χ1v) is 6.81. The highest BCUT2D eigenvalue weighted by atomic mass is 15.3. The lowest BCUT2D eigenvalue weighted by Gasteiger charge is -2.04. The van der Waals surface area contributed by atoms with E-state index in [-0.39, 0.29) is 0 Å². The van der Waals surface area contributed by atoms with Crippen LogP contribution in [0.3, 0.4) is 0 Å². The second-order valence-electron chi connectivity index (χ2n) is 5.01. The predicted octanol–water partition coefficient (Wildman–Crippen LogP) is 3.69. The van der Waals surface area contributed by atoms with E-state index < -0.39 is 0 Å². The highest BCUT2D eigenvalue weighted by molar-refractivity contribution is 5.91. The van der Waals surface area contributed by atoms with Crippen LogP contribution in [0.4, 0.5) is 5.82 Å². The zero-order chi connectivity index (χ0) is 14.7. The third-order valence-electron chi connectivity index (χ3n) is 3.37. The standard InChI is InChI=1S/C17H16N4/c1-12-7-8-14(13(2)9-12)10-18-20-17-16-6-4-3-5-15(16)11-19-21-17/h3-11H,1-2H3,(H,20,21)/b18-10-. The Morgan fingerprint density at radius 1 is 1.10 bits per heavy atom. The highest BCUT2D eigenvalue weighted by Gasteiger charge is 2.01. The van der Waals surface area contributed by atoms with Crippen molar-refractivity contribution in [2.75, 3.05) is 5.43 Å². The van der Waals surface area contributed by atoms with Crippen LogP contribution in [0.5, 0.6) is 0 Å². The maximum absolute atomic E-state index is 4.27. The van der Waals surface area contributed by atoms with Gasteiger partial charge in [-0.25, -0.2) is 0 Å². The van der Waals surface area contributed by atoms with Crippen LogP contribution in [0.25, 0.3) is 10.8 Å². The summed E-state index contributed by atoms with van der Waals surface area (Å²) in [5.74, 6) is 0.661. The van der Waals surface area contributed by atoms with Gasteiger partial charge in [0.25, 0.3) is 0 Å². The van der Waals surface area contributed by atoms with Crippen molar-refractivity contribution in [3.05, 3.63) is 65.4 Å². The van der Waals surface area contributed by atoms with Crippen molar-refractivity contribution in [2.45, 2.75) is 13.8 Å². The number of anilines is 1. The summed E-state index contributed by atoms with van der Waals surface area (Å²) in [6.07, 6.45) is 3.55. The maximum atomic E-state index is 4.27. The molecule has 0 spiro atoms. The fraction of sp³-hybridized carbons (Fsp3) is 0.118. The third-order valence-corrected chi connectivity index (χ3v) is 3.37. The summed E-state index contributed by atoms with van der Waals surface area (Å²) in [5.41, 5.74) is 6.50. The average molecular weight is 276 g/mol. The van der Waals surface area contributed by atoms with Crippen LogP contribution in [-0.4, -0.2) is 16.4 Å². The Kier molecular flexibility index (Phi) is 3.60. The van der Waals surface area contributed by atoms with Gasteiger partial charge in [0.1, 0.15) is 0 Å². The molecule has 4 nitrogen and oxygen atoms in total. The van der Waals surface area contributed by atoms with Gasteiger partial charge in [-0.3, -0.25) is 5.43 Å². The Bertz CT molecular complexity index is 803. The topological polar surface area (TPSA) is 50.2 Å². The van der Waals surface area contributed by atoms with Crippen LogP contribution in [-0.2, 0) is 0 Å². The number of hydrazone groups is 1. The molecular formula is C17H16N4. The molecule has 1 N–H and O–H groups in total. The second kappa shape index (κ2) is 5.71. The van der Waals surface area contributed by atoms with Gasteiger partial charge in [0.15, 0.2) is 5.82 Å². The number of benzene rings is 2. The monoisotopic (exact) mass is 276 g/mol. The molecule has 0 bridgehead atoms. The molecule has 3 aromatic rings. The van der Waals surface area contributed by atoms with E-state index in [4.69, 9.17) is 0 Å². The molecule has 0 atom stereocenters. The van der Waals surface area contributed by atoms with Gasteiger partial charge in [0.05, 0.1) is 12.4 Å². The molecule has 0 amide bonds. The molecule has 0 aliphatic heterocycles. The second-order valence-corrected chi connectivity index (χ2v) is 5.01. The zero-order valence-electron chi connectivity index (χ0n) is 12.0. The molecule has 0 aliphatic carbocycles. The molecule has 1 aromatic heterocycles. The number of aryl methyl sites for hydroxylation is 2. The number of hydrogen-bond acceptors (Lipinski definition) is 4. The smallest absolute Gasteiger partial charge is 0.176 e. The first-order chi connectivity index (χ1) is 10.2. The van der Waals surface area contributed by atoms with Crippen molar-refractivity contribution in [1.29, 1.82) is 0 Å². The average Bonchev–Trinajstić information content (AvgIpc) is 2.50. The fourth-order valence-corrected chi connectivity index (χ4v) is 2.24. The van der Waals surface area contributed by atoms with E-state index in [2.05, 4.69) is 52.8 Å². The summed E-state index contributed by atoms with van der Waals surface area (Å²) in [5, 5.41) is 14.4. The summed E-state index contributed by atoms with van der Waals surface area (Å²) >= 11 is 0. The molecule has 0 fully saturated rings. The van der Waals surface area contributed by atoms with Gasteiger partial charge in [-0.1, -0.05) is 48.0 Å². The number of hydrogen-bond donors (Lipinski definition) is 1. The van der Waals surface area contributed by atoms with Crippen LogP contribution >= 0.6 is 0 Å². The number of fused-ring (bicyclic) bond motifs is 1. The molecule has 0 aliphatic rings. The van der Waals surface area contributed by atoms with E-state index in [1.165, 1.54) is 11.1 Å². The van der Waals surface area contributed by atoms with E-state index in [9.17, 15) is 0 Å². The molecule has 0 radical (unpaired) electrons. The highest BCUT2D eigenvalue weighted by Crippen LogP contribution is 2.19. The van der Waals surface area contributed by atoms with E-state index in [0.717, 1.165) is 16.3 Å². The first kappa shape index (κ1) is 13.2. The molecule has 2 aromatic carbocycles. The van der Waals surface area contributed by atoms with Crippen LogP contribution in [0.2, 0.25) is 0 Å². The lowest BCUT2D eigenvalue weighted by molar-refractivity contribution is 1.04. The lowest BCUT2D eigenvalue weighted by Crippen LogP contribution is -1.97. The van der Waals surface area contributed by atoms with Gasteiger partial charge in [-0.05, 0) is 25.0 Å². The summed E-state index contributed by atoms with van der Waals surface area (Å²) in [7, 11) is 0. The minimum Gasteiger partial charge on any atom is -0.259 e. The zero-order valence-corrected chi connectivity index (χ0v) is 12.0. The van der Waals surface area contributed by atoms with Crippen molar-refractivity contribution >= 4 is 22.8 Å². The van der Waals surface area contributed by atoms with E-state index in [1.807, 2.05) is 24.3 Å². The lowest BCUT2D eigenvalue weighted by atomic mass is 10.1. The van der Waals surface area contributed by atoms with Crippen molar-refractivity contribution < 1.29 is 0 Å². The molecule has 0 saturated carbocycles. The quantitative estimate of drug-likeness (QED) is 0.586. The Balaban J connectivity index is 1.84. The van der Waals surface area contributed by atoms with E-state index >= 15 is 0 Å². The summed E-state index contributed by atoms with van der Waals surface area (Å²) < 4.78 is 0. The van der Waals surface area contributed by atoms with Gasteiger partial charge >= 0.3 is 0 Å². The van der Waals surface area contributed by atoms with E-state index in [1.54, 1.807) is 12.4 Å². The fourth-order valence-electron chi connectivity index (χ4n) is 2.24. The third kappa shape index (κ3) is 2.89. The van der Waals surface area contributed by atoms with Crippen LogP contribution in [0.1, 0.15) is 16.7 Å². The predicted molar refractivity (Wildman–Crippen MR) is 86.7 cm³/mol. The minimum atomic E-state index is 0.661. The molecule has 3 rings (SSSR count). The maximum Gasteiger partial charge on any atom is 0.176 e. The number of nitrogens with zero attached hydrogens (tertiary/aromatic N) is 3. The first-order valence-electron chi connectivity index (χ1n) is 6.81. The van der Waals surface area contributed by atoms with Gasteiger partial charge in [-0.2, -0.15) is 10.2 Å². The van der Waals surface area contributed by atoms with E-state index in [0.29, 0.717) is 5.82 Å². The molecular weight excluding hydrogens is 260 g/mol. The Morgan fingerprint density at radius 2 is 1.95 bits per heavy atom. The van der Waals surface area contributed by atoms with Crippen molar-refractivity contribution in [3.8, 4) is 0 Å². The Labute approximate surface area is 123 Å². The molecule has 0 unspecified atom stereocenters. The van der Waals surface area contributed by atoms with Crippen LogP contribution in [0, 0.1) is 13.8 Å². The van der Waals surface area contributed by atoms with Crippen LogP contribution in [0.15, 0.2) is 53.8 Å². The molecule has 0 saturated heterocycles. The van der Waals surface area contributed by atoms with Crippen molar-refractivity contribution in [1.82, 2.24) is 10.2 Å². The number of nitrogens with one attached hydrogen (secondary N) is 1. The summed E-state index contributed by atoms with van der Waals surface area (Å²) in [6.45, 7) is 4.16. The summed E-state index contributed by atoms with van der Waals surface area (Å²) in [6, 6.07) is 14.2. The summed E-state index contributed by atoms with van der Waals surface area (Å²) in [4.78, 5) is 0. The van der Waals surface area contributed by atoms with Crippen LogP contribution < -0.4 is 5.43 Å².